The van der Waals surface area contributed by atoms with Gasteiger partial charge in [0.05, 0.1) is 23.9 Å². The molecule has 0 bridgehead atoms. The fraction of sp³-hybridized carbons (Fsp3) is 0.0526. The minimum Gasteiger partial charge on any atom is -0.484 e. The number of H-pyrrole nitrogens is 1. The van der Waals surface area contributed by atoms with Gasteiger partial charge >= 0.3 is 0 Å². The maximum atomic E-state index is 12.4. The summed E-state index contributed by atoms with van der Waals surface area (Å²) >= 11 is 2.20. The van der Waals surface area contributed by atoms with Crippen LogP contribution in [-0.2, 0) is 4.79 Å². The zero-order valence-corrected chi connectivity index (χ0v) is 16.6. The third kappa shape index (κ3) is 3.74. The van der Waals surface area contributed by atoms with E-state index in [1.165, 1.54) is 17.2 Å². The number of hydrogen-bond acceptors (Lipinski definition) is 5. The van der Waals surface area contributed by atoms with E-state index in [4.69, 9.17) is 4.74 Å². The summed E-state index contributed by atoms with van der Waals surface area (Å²) in [7, 11) is 0. The van der Waals surface area contributed by atoms with Gasteiger partial charge in [0.1, 0.15) is 11.1 Å². The van der Waals surface area contributed by atoms with Crippen molar-refractivity contribution in [2.75, 3.05) is 11.9 Å². The molecule has 0 spiro atoms. The van der Waals surface area contributed by atoms with Crippen molar-refractivity contribution < 1.29 is 9.53 Å². The van der Waals surface area contributed by atoms with Gasteiger partial charge in [-0.3, -0.25) is 9.59 Å². The van der Waals surface area contributed by atoms with Gasteiger partial charge in [-0.05, 0) is 59.0 Å². The Hall–Kier alpha value is -3.21. The number of ether oxygens (including phenoxy) is 1. The Morgan fingerprint density at radius 2 is 1.96 bits per heavy atom. The summed E-state index contributed by atoms with van der Waals surface area (Å²) in [5, 5.41) is 7.43. The van der Waals surface area contributed by atoms with E-state index in [2.05, 4.69) is 43.0 Å². The van der Waals surface area contributed by atoms with E-state index in [-0.39, 0.29) is 18.1 Å². The number of rotatable bonds is 5. The molecule has 2 heterocycles. The summed E-state index contributed by atoms with van der Waals surface area (Å²) in [6.45, 7) is -0.132. The molecule has 0 unspecified atom stereocenters. The van der Waals surface area contributed by atoms with Crippen LogP contribution in [0.5, 0.6) is 5.75 Å². The van der Waals surface area contributed by atoms with Crippen LogP contribution in [0.15, 0.2) is 65.8 Å². The van der Waals surface area contributed by atoms with Crippen LogP contribution in [0.1, 0.15) is 0 Å². The van der Waals surface area contributed by atoms with Crippen molar-refractivity contribution in [1.29, 1.82) is 0 Å². The first-order valence-electron chi connectivity index (χ1n) is 8.31. The molecule has 4 aromatic rings. The van der Waals surface area contributed by atoms with Crippen molar-refractivity contribution in [2.45, 2.75) is 0 Å². The van der Waals surface area contributed by atoms with Crippen LogP contribution >= 0.6 is 22.6 Å². The second-order valence-electron chi connectivity index (χ2n) is 5.83. The van der Waals surface area contributed by atoms with Gasteiger partial charge in [0.25, 0.3) is 11.5 Å². The summed E-state index contributed by atoms with van der Waals surface area (Å²) in [6, 6.07) is 14.6. The van der Waals surface area contributed by atoms with Crippen LogP contribution in [0.3, 0.4) is 0 Å². The molecule has 2 aromatic heterocycles. The molecule has 0 aliphatic carbocycles. The molecule has 0 saturated carbocycles. The number of nitrogens with one attached hydrogen (secondary N) is 2. The SMILES string of the molecule is O=C(COc1ccc(I)cc1)Nc1ccccc1-n1ncc2c(=O)[nH]cnc21. The van der Waals surface area contributed by atoms with E-state index in [9.17, 15) is 9.59 Å². The largest absolute Gasteiger partial charge is 0.484 e. The summed E-state index contributed by atoms with van der Waals surface area (Å²) in [5.74, 6) is 0.304. The van der Waals surface area contributed by atoms with Gasteiger partial charge in [-0.2, -0.15) is 5.10 Å². The van der Waals surface area contributed by atoms with E-state index in [1.807, 2.05) is 30.3 Å². The van der Waals surface area contributed by atoms with Gasteiger partial charge in [-0.1, -0.05) is 12.1 Å². The third-order valence-electron chi connectivity index (χ3n) is 3.96. The maximum Gasteiger partial charge on any atom is 0.262 e. The van der Waals surface area contributed by atoms with E-state index >= 15 is 0 Å². The molecule has 140 valence electrons. The predicted molar refractivity (Wildman–Crippen MR) is 113 cm³/mol. The Morgan fingerprint density at radius 1 is 1.18 bits per heavy atom. The Kier molecular flexibility index (Phi) is 5.06. The number of amides is 1. The van der Waals surface area contributed by atoms with Crippen LogP contribution in [0, 0.1) is 3.57 Å². The van der Waals surface area contributed by atoms with Gasteiger partial charge in [0.2, 0.25) is 0 Å². The maximum absolute atomic E-state index is 12.4. The molecule has 0 aliphatic rings. The Labute approximate surface area is 172 Å². The number of benzene rings is 2. The first-order valence-corrected chi connectivity index (χ1v) is 9.39. The van der Waals surface area contributed by atoms with Gasteiger partial charge in [0, 0.05) is 3.57 Å². The zero-order valence-electron chi connectivity index (χ0n) is 14.4. The molecule has 0 aliphatic heterocycles. The number of aromatic nitrogens is 4. The number of fused-ring (bicyclic) bond motifs is 1. The van der Waals surface area contributed by atoms with Crippen LogP contribution in [0.4, 0.5) is 5.69 Å². The van der Waals surface area contributed by atoms with Crippen LogP contribution < -0.4 is 15.6 Å². The van der Waals surface area contributed by atoms with Crippen molar-refractivity contribution in [1.82, 2.24) is 19.7 Å². The number of nitrogens with zero attached hydrogens (tertiary/aromatic N) is 3. The normalized spacial score (nSPS) is 10.8. The first kappa shape index (κ1) is 18.2. The minimum atomic E-state index is -0.312. The highest BCUT2D eigenvalue weighted by molar-refractivity contribution is 14.1. The third-order valence-corrected chi connectivity index (χ3v) is 4.68. The highest BCUT2D eigenvalue weighted by atomic mass is 127. The Bertz CT molecular complexity index is 1200. The monoisotopic (exact) mass is 487 g/mol. The molecule has 0 radical (unpaired) electrons. The molecule has 4 rings (SSSR count). The van der Waals surface area contributed by atoms with Crippen molar-refractivity contribution in [3.05, 3.63) is 75.0 Å². The minimum absolute atomic E-state index is 0.132. The zero-order chi connectivity index (χ0) is 19.5. The van der Waals surface area contributed by atoms with Crippen LogP contribution in [0.2, 0.25) is 0 Å². The molecular formula is C19H14IN5O3. The Morgan fingerprint density at radius 3 is 2.79 bits per heavy atom. The molecule has 28 heavy (non-hydrogen) atoms. The second kappa shape index (κ2) is 7.80. The highest BCUT2D eigenvalue weighted by Gasteiger charge is 2.14. The lowest BCUT2D eigenvalue weighted by atomic mass is 10.2. The molecular weight excluding hydrogens is 473 g/mol. The van der Waals surface area contributed by atoms with E-state index in [0.29, 0.717) is 28.2 Å². The van der Waals surface area contributed by atoms with Gasteiger partial charge in [-0.25, -0.2) is 9.67 Å². The standard InChI is InChI=1S/C19H14IN5O3/c20-12-5-7-13(8-6-12)28-10-17(26)24-15-3-1-2-4-16(15)25-18-14(9-23-25)19(27)22-11-21-18/h1-9,11H,10H2,(H,24,26)(H,21,22,27). The van der Waals surface area contributed by atoms with Crippen molar-refractivity contribution in [2.24, 2.45) is 0 Å². The number of aromatic amines is 1. The summed E-state index contributed by atoms with van der Waals surface area (Å²) in [6.07, 6.45) is 2.76. The molecule has 0 saturated heterocycles. The number of halogens is 1. The van der Waals surface area contributed by atoms with Crippen molar-refractivity contribution in [3.8, 4) is 11.4 Å². The topological polar surface area (TPSA) is 102 Å². The lowest BCUT2D eigenvalue weighted by Crippen LogP contribution is -2.21. The molecule has 0 fully saturated rings. The summed E-state index contributed by atoms with van der Waals surface area (Å²) in [5.41, 5.74) is 1.26. The van der Waals surface area contributed by atoms with E-state index in [0.717, 1.165) is 3.57 Å². The highest BCUT2D eigenvalue weighted by Crippen LogP contribution is 2.22. The lowest BCUT2D eigenvalue weighted by Gasteiger charge is -2.12. The van der Waals surface area contributed by atoms with Crippen molar-refractivity contribution >= 4 is 45.2 Å². The average molecular weight is 487 g/mol. The Balaban J connectivity index is 1.56. The predicted octanol–water partition coefficient (Wildman–Crippen LogP) is 2.73. The average Bonchev–Trinajstić information content (AvgIpc) is 3.13. The fourth-order valence-corrected chi connectivity index (χ4v) is 3.02. The van der Waals surface area contributed by atoms with Gasteiger partial charge in [-0.15, -0.1) is 0 Å². The number of carbonyl (C=O) groups excluding carboxylic acids is 1. The number of para-hydroxylation sites is 2. The van der Waals surface area contributed by atoms with E-state index in [1.54, 1.807) is 18.2 Å². The molecule has 2 N–H and O–H groups in total. The van der Waals surface area contributed by atoms with Crippen LogP contribution in [0.25, 0.3) is 16.7 Å². The molecule has 8 nitrogen and oxygen atoms in total. The van der Waals surface area contributed by atoms with E-state index < -0.39 is 0 Å². The quantitative estimate of drug-likeness (QED) is 0.422. The lowest BCUT2D eigenvalue weighted by molar-refractivity contribution is -0.118. The second-order valence-corrected chi connectivity index (χ2v) is 7.08. The fourth-order valence-electron chi connectivity index (χ4n) is 2.66. The number of carbonyl (C=O) groups is 1. The number of anilines is 1. The smallest absolute Gasteiger partial charge is 0.262 e. The first-order chi connectivity index (χ1) is 13.6. The molecule has 1 amide bonds. The van der Waals surface area contributed by atoms with Gasteiger partial charge in [0.15, 0.2) is 12.3 Å². The van der Waals surface area contributed by atoms with Crippen molar-refractivity contribution in [3.63, 3.8) is 0 Å². The number of hydrogen-bond donors (Lipinski definition) is 2. The molecule has 2 aromatic carbocycles. The van der Waals surface area contributed by atoms with Crippen LogP contribution in [-0.4, -0.2) is 32.3 Å². The summed E-state index contributed by atoms with van der Waals surface area (Å²) < 4.78 is 8.12. The van der Waals surface area contributed by atoms with Gasteiger partial charge < -0.3 is 15.0 Å². The molecule has 0 atom stereocenters. The summed E-state index contributed by atoms with van der Waals surface area (Å²) in [4.78, 5) is 30.9. The molecule has 9 heteroatoms.